The summed E-state index contributed by atoms with van der Waals surface area (Å²) in [6.07, 6.45) is 9.71. The molecule has 0 spiro atoms. The Bertz CT molecular complexity index is 315. The summed E-state index contributed by atoms with van der Waals surface area (Å²) in [4.78, 5) is 11.6. The Hall–Kier alpha value is -0.530. The largest absolute Gasteiger partial charge is 0.481 e. The van der Waals surface area contributed by atoms with Gasteiger partial charge in [-0.3, -0.25) is 4.79 Å². The van der Waals surface area contributed by atoms with Crippen LogP contribution in [0.3, 0.4) is 0 Å². The molecule has 2 aliphatic carbocycles. The molecule has 2 nitrogen and oxygen atoms in total. The van der Waals surface area contributed by atoms with E-state index in [4.69, 9.17) is 0 Å². The van der Waals surface area contributed by atoms with E-state index in [1.807, 2.05) is 0 Å². The number of carboxylic acids is 1. The molecule has 2 aliphatic rings. The van der Waals surface area contributed by atoms with E-state index in [1.165, 1.54) is 32.1 Å². The number of hydrogen-bond acceptors (Lipinski definition) is 1. The standard InChI is InChI=1S/C18H32O2/c1-4-13-5-7-14(8-6-13)17-11-15(12(2)3)9-10-16(17)18(19)20/h12-17H,4-11H2,1-3H3,(H,19,20). The SMILES string of the molecule is CCC1CCC(C2CC(C(C)C)CCC2C(=O)O)CC1. The minimum atomic E-state index is -0.533. The molecule has 2 saturated carbocycles. The molecule has 2 heteroatoms. The summed E-state index contributed by atoms with van der Waals surface area (Å²) in [5.74, 6) is 2.90. The van der Waals surface area contributed by atoms with Crippen LogP contribution in [0.15, 0.2) is 0 Å². The highest BCUT2D eigenvalue weighted by Crippen LogP contribution is 2.46. The minimum absolute atomic E-state index is 0.0619. The monoisotopic (exact) mass is 280 g/mol. The van der Waals surface area contributed by atoms with E-state index in [-0.39, 0.29) is 5.92 Å². The van der Waals surface area contributed by atoms with Gasteiger partial charge in [-0.2, -0.15) is 0 Å². The molecule has 0 aliphatic heterocycles. The zero-order chi connectivity index (χ0) is 14.7. The normalized spacial score (nSPS) is 38.9. The molecule has 116 valence electrons. The molecule has 0 aromatic carbocycles. The average molecular weight is 280 g/mol. The Kier molecular flexibility index (Phi) is 5.51. The maximum atomic E-state index is 11.6. The fraction of sp³-hybridized carbons (Fsp3) is 0.944. The molecular formula is C18H32O2. The summed E-state index contributed by atoms with van der Waals surface area (Å²) < 4.78 is 0. The van der Waals surface area contributed by atoms with Gasteiger partial charge in [0.05, 0.1) is 5.92 Å². The predicted octanol–water partition coefficient (Wildman–Crippen LogP) is 4.98. The summed E-state index contributed by atoms with van der Waals surface area (Å²) in [6, 6.07) is 0. The number of rotatable bonds is 4. The molecule has 2 fully saturated rings. The van der Waals surface area contributed by atoms with E-state index in [2.05, 4.69) is 20.8 Å². The maximum Gasteiger partial charge on any atom is 0.306 e. The van der Waals surface area contributed by atoms with Crippen LogP contribution in [0.1, 0.15) is 72.1 Å². The van der Waals surface area contributed by atoms with E-state index < -0.39 is 5.97 Å². The first-order valence-electron chi connectivity index (χ1n) is 8.75. The first-order valence-corrected chi connectivity index (χ1v) is 8.75. The van der Waals surface area contributed by atoms with Crippen LogP contribution in [0.2, 0.25) is 0 Å². The third-order valence-electron chi connectivity index (χ3n) is 6.27. The van der Waals surface area contributed by atoms with Crippen molar-refractivity contribution < 1.29 is 9.90 Å². The fourth-order valence-electron chi connectivity index (χ4n) is 4.70. The van der Waals surface area contributed by atoms with Crippen molar-refractivity contribution >= 4 is 5.97 Å². The van der Waals surface area contributed by atoms with Gasteiger partial charge in [-0.05, 0) is 61.7 Å². The molecule has 0 heterocycles. The Morgan fingerprint density at radius 2 is 1.75 bits per heavy atom. The second-order valence-electron chi connectivity index (χ2n) is 7.61. The summed E-state index contributed by atoms with van der Waals surface area (Å²) in [7, 11) is 0. The minimum Gasteiger partial charge on any atom is -0.481 e. The van der Waals surface area contributed by atoms with E-state index in [0.29, 0.717) is 17.8 Å². The lowest BCUT2D eigenvalue weighted by molar-refractivity contribution is -0.147. The van der Waals surface area contributed by atoms with Crippen molar-refractivity contribution in [3.05, 3.63) is 0 Å². The van der Waals surface area contributed by atoms with E-state index in [1.54, 1.807) is 0 Å². The Labute approximate surface area is 124 Å². The first-order chi connectivity index (χ1) is 9.52. The van der Waals surface area contributed by atoms with Gasteiger partial charge in [0.25, 0.3) is 0 Å². The van der Waals surface area contributed by atoms with Crippen molar-refractivity contribution in [2.75, 3.05) is 0 Å². The van der Waals surface area contributed by atoms with Crippen molar-refractivity contribution in [3.8, 4) is 0 Å². The van der Waals surface area contributed by atoms with Gasteiger partial charge in [0.15, 0.2) is 0 Å². The smallest absolute Gasteiger partial charge is 0.306 e. The van der Waals surface area contributed by atoms with E-state index in [9.17, 15) is 9.90 Å². The van der Waals surface area contributed by atoms with E-state index in [0.717, 1.165) is 31.1 Å². The van der Waals surface area contributed by atoms with Crippen LogP contribution in [-0.4, -0.2) is 11.1 Å². The number of hydrogen-bond donors (Lipinski definition) is 1. The quantitative estimate of drug-likeness (QED) is 0.789. The van der Waals surface area contributed by atoms with Gasteiger partial charge >= 0.3 is 5.97 Å². The third kappa shape index (κ3) is 3.56. The molecule has 2 rings (SSSR count). The maximum absolute atomic E-state index is 11.6. The topological polar surface area (TPSA) is 37.3 Å². The molecule has 3 atom stereocenters. The zero-order valence-corrected chi connectivity index (χ0v) is 13.5. The number of aliphatic carboxylic acids is 1. The molecule has 0 bridgehead atoms. The van der Waals surface area contributed by atoms with Crippen molar-refractivity contribution in [1.29, 1.82) is 0 Å². The second-order valence-corrected chi connectivity index (χ2v) is 7.61. The van der Waals surface area contributed by atoms with Crippen molar-refractivity contribution in [2.24, 2.45) is 35.5 Å². The lowest BCUT2D eigenvalue weighted by Gasteiger charge is -2.42. The average Bonchev–Trinajstić information content (AvgIpc) is 2.46. The summed E-state index contributed by atoms with van der Waals surface area (Å²) >= 11 is 0. The van der Waals surface area contributed by atoms with Crippen LogP contribution in [0.25, 0.3) is 0 Å². The van der Waals surface area contributed by atoms with Crippen LogP contribution >= 0.6 is 0 Å². The summed E-state index contributed by atoms with van der Waals surface area (Å²) in [5, 5.41) is 9.56. The van der Waals surface area contributed by atoms with Gasteiger partial charge in [-0.1, -0.05) is 40.0 Å². The van der Waals surface area contributed by atoms with Crippen LogP contribution in [0, 0.1) is 35.5 Å². The van der Waals surface area contributed by atoms with Gasteiger partial charge < -0.3 is 5.11 Å². The highest BCUT2D eigenvalue weighted by molar-refractivity contribution is 5.70. The molecule has 0 saturated heterocycles. The van der Waals surface area contributed by atoms with Gasteiger partial charge in [0.2, 0.25) is 0 Å². The number of carboxylic acid groups (broad SMARTS) is 1. The molecule has 0 aromatic rings. The highest BCUT2D eigenvalue weighted by atomic mass is 16.4. The molecule has 3 unspecified atom stereocenters. The molecule has 0 radical (unpaired) electrons. The van der Waals surface area contributed by atoms with Crippen LogP contribution in [0.4, 0.5) is 0 Å². The first kappa shape index (κ1) is 15.9. The van der Waals surface area contributed by atoms with Crippen LogP contribution in [-0.2, 0) is 4.79 Å². The molecular weight excluding hydrogens is 248 g/mol. The van der Waals surface area contributed by atoms with Crippen LogP contribution < -0.4 is 0 Å². The molecule has 0 aromatic heterocycles. The molecule has 20 heavy (non-hydrogen) atoms. The number of carbonyl (C=O) groups is 1. The van der Waals surface area contributed by atoms with Crippen molar-refractivity contribution in [2.45, 2.75) is 72.1 Å². The lowest BCUT2D eigenvalue weighted by Crippen LogP contribution is -2.37. The van der Waals surface area contributed by atoms with Gasteiger partial charge in [-0.15, -0.1) is 0 Å². The second kappa shape index (κ2) is 6.95. The fourth-order valence-corrected chi connectivity index (χ4v) is 4.70. The molecule has 1 N–H and O–H groups in total. The zero-order valence-electron chi connectivity index (χ0n) is 13.5. The third-order valence-corrected chi connectivity index (χ3v) is 6.27. The summed E-state index contributed by atoms with van der Waals surface area (Å²) in [6.45, 7) is 6.90. The van der Waals surface area contributed by atoms with Crippen molar-refractivity contribution in [1.82, 2.24) is 0 Å². The lowest BCUT2D eigenvalue weighted by atomic mass is 9.62. The predicted molar refractivity (Wildman–Crippen MR) is 82.5 cm³/mol. The summed E-state index contributed by atoms with van der Waals surface area (Å²) in [5.41, 5.74) is 0. The van der Waals surface area contributed by atoms with Crippen molar-refractivity contribution in [3.63, 3.8) is 0 Å². The van der Waals surface area contributed by atoms with E-state index >= 15 is 0 Å². The van der Waals surface area contributed by atoms with Gasteiger partial charge in [0.1, 0.15) is 0 Å². The highest BCUT2D eigenvalue weighted by Gasteiger charge is 2.40. The Balaban J connectivity index is 2.02. The molecule has 0 amide bonds. The van der Waals surface area contributed by atoms with Gasteiger partial charge in [-0.25, -0.2) is 0 Å². The van der Waals surface area contributed by atoms with Crippen LogP contribution in [0.5, 0.6) is 0 Å². The Morgan fingerprint density at radius 3 is 2.25 bits per heavy atom. The Morgan fingerprint density at radius 1 is 1.10 bits per heavy atom. The van der Waals surface area contributed by atoms with Gasteiger partial charge in [0, 0.05) is 0 Å².